The van der Waals surface area contributed by atoms with Crippen molar-refractivity contribution in [3.05, 3.63) is 24.0 Å². The van der Waals surface area contributed by atoms with Gasteiger partial charge < -0.3 is 5.11 Å². The Morgan fingerprint density at radius 1 is 1.50 bits per heavy atom. The van der Waals surface area contributed by atoms with Gasteiger partial charge in [-0.15, -0.1) is 0 Å². The van der Waals surface area contributed by atoms with Crippen LogP contribution in [0, 0.1) is 0 Å². The summed E-state index contributed by atoms with van der Waals surface area (Å²) in [5.74, 6) is -1.56. The number of aromatic carboxylic acids is 1. The summed E-state index contributed by atoms with van der Waals surface area (Å²) >= 11 is 0. The molecule has 0 radical (unpaired) electrons. The summed E-state index contributed by atoms with van der Waals surface area (Å²) in [4.78, 5) is 10.7. The van der Waals surface area contributed by atoms with Crippen LogP contribution in [0.4, 0.5) is 13.2 Å². The predicted molar refractivity (Wildman–Crippen MR) is 54.4 cm³/mol. The highest BCUT2D eigenvalue weighted by atomic mass is 32.2. The molecule has 0 amide bonds. The number of carbonyl (C=O) groups is 1. The molecule has 0 aliphatic carbocycles. The van der Waals surface area contributed by atoms with E-state index in [-0.39, 0.29) is 3.97 Å². The molecule has 1 rings (SSSR count). The zero-order valence-corrected chi connectivity index (χ0v) is 9.79. The van der Waals surface area contributed by atoms with E-state index in [1.165, 1.54) is 4.72 Å². The molecule has 1 atom stereocenters. The third kappa shape index (κ3) is 3.01. The van der Waals surface area contributed by atoms with E-state index in [4.69, 9.17) is 5.11 Å². The second-order valence-electron chi connectivity index (χ2n) is 3.38. The van der Waals surface area contributed by atoms with Crippen molar-refractivity contribution >= 4 is 16.2 Å². The smallest absolute Gasteiger partial charge is 0.404 e. The van der Waals surface area contributed by atoms with Crippen molar-refractivity contribution in [2.75, 3.05) is 0 Å². The molecule has 0 bridgehead atoms. The van der Waals surface area contributed by atoms with Crippen LogP contribution < -0.4 is 4.72 Å². The molecule has 2 N–H and O–H groups in total. The minimum Gasteiger partial charge on any atom is -0.477 e. The van der Waals surface area contributed by atoms with Gasteiger partial charge in [0.1, 0.15) is 11.7 Å². The van der Waals surface area contributed by atoms with Crippen LogP contribution in [-0.4, -0.2) is 35.7 Å². The second kappa shape index (κ2) is 4.61. The Labute approximate surface area is 100 Å². The van der Waals surface area contributed by atoms with Crippen molar-refractivity contribution < 1.29 is 31.5 Å². The van der Waals surface area contributed by atoms with Gasteiger partial charge in [0.05, 0.1) is 0 Å². The minimum absolute atomic E-state index is 0.234. The molecule has 1 aromatic heterocycles. The lowest BCUT2D eigenvalue weighted by molar-refractivity contribution is -0.147. The summed E-state index contributed by atoms with van der Waals surface area (Å²) in [6.07, 6.45) is -3.92. The van der Waals surface area contributed by atoms with Crippen molar-refractivity contribution in [2.45, 2.75) is 19.1 Å². The largest absolute Gasteiger partial charge is 0.477 e. The predicted octanol–water partition coefficient (Wildman–Crippen LogP) is 0.820. The third-order valence-electron chi connectivity index (χ3n) is 2.01. The zero-order valence-electron chi connectivity index (χ0n) is 8.97. The summed E-state index contributed by atoms with van der Waals surface area (Å²) < 4.78 is 61.4. The molecule has 0 aliphatic rings. The first-order valence-corrected chi connectivity index (χ1v) is 6.00. The molecule has 0 spiro atoms. The highest BCUT2D eigenvalue weighted by Crippen LogP contribution is 2.20. The molecule has 1 aromatic rings. The highest BCUT2D eigenvalue weighted by molar-refractivity contribution is 7.88. The maximum Gasteiger partial charge on any atom is 0.404 e. The normalized spacial score (nSPS) is 14.4. The molecule has 102 valence electrons. The Balaban J connectivity index is 3.08. The van der Waals surface area contributed by atoms with Crippen LogP contribution in [0.1, 0.15) is 17.4 Å². The summed E-state index contributed by atoms with van der Waals surface area (Å²) in [5, 5.41) is 8.68. The summed E-state index contributed by atoms with van der Waals surface area (Å²) in [5.41, 5.74) is -0.656. The minimum atomic E-state index is -4.76. The van der Waals surface area contributed by atoms with Crippen LogP contribution in [0.3, 0.4) is 0 Å². The third-order valence-corrected chi connectivity index (χ3v) is 3.50. The van der Waals surface area contributed by atoms with Crippen molar-refractivity contribution in [1.29, 1.82) is 0 Å². The van der Waals surface area contributed by atoms with Gasteiger partial charge in [0.15, 0.2) is 0 Å². The van der Waals surface area contributed by atoms with Gasteiger partial charge in [-0.1, -0.05) is 0 Å². The lowest BCUT2D eigenvalue weighted by atomic mass is 10.4. The summed E-state index contributed by atoms with van der Waals surface area (Å²) in [6.45, 7) is 0.613. The van der Waals surface area contributed by atoms with E-state index in [1.54, 1.807) is 0 Å². The molecule has 0 fully saturated rings. The number of nitrogens with zero attached hydrogens (tertiary/aromatic N) is 1. The molecule has 1 unspecified atom stereocenters. The molecule has 0 aliphatic heterocycles. The van der Waals surface area contributed by atoms with Crippen molar-refractivity contribution in [2.24, 2.45) is 0 Å². The molecule has 0 saturated carbocycles. The molecule has 0 aromatic carbocycles. The van der Waals surface area contributed by atoms with Crippen LogP contribution in [0.25, 0.3) is 0 Å². The SMILES string of the molecule is CC(NS(=O)(=O)n1cccc1C(=O)O)C(F)(F)F. The maximum absolute atomic E-state index is 12.2. The van der Waals surface area contributed by atoms with Crippen LogP contribution in [0.2, 0.25) is 0 Å². The Hall–Kier alpha value is -1.55. The molecule has 18 heavy (non-hydrogen) atoms. The van der Waals surface area contributed by atoms with Gasteiger partial charge in [0.2, 0.25) is 0 Å². The molecule has 1 heterocycles. The number of carboxylic acid groups (broad SMARTS) is 1. The van der Waals surface area contributed by atoms with E-state index in [9.17, 15) is 26.4 Å². The topological polar surface area (TPSA) is 88.4 Å². The van der Waals surface area contributed by atoms with Crippen molar-refractivity contribution in [3.63, 3.8) is 0 Å². The fraction of sp³-hybridized carbons (Fsp3) is 0.375. The fourth-order valence-corrected chi connectivity index (χ4v) is 2.41. The van der Waals surface area contributed by atoms with E-state index >= 15 is 0 Å². The Morgan fingerprint density at radius 2 is 2.06 bits per heavy atom. The number of halogens is 3. The van der Waals surface area contributed by atoms with E-state index in [0.29, 0.717) is 6.92 Å². The molecule has 0 saturated heterocycles. The van der Waals surface area contributed by atoms with Crippen LogP contribution in [0.15, 0.2) is 18.3 Å². The van der Waals surface area contributed by atoms with Gasteiger partial charge in [-0.25, -0.2) is 8.77 Å². The first-order valence-electron chi connectivity index (χ1n) is 4.56. The van der Waals surface area contributed by atoms with Crippen LogP contribution >= 0.6 is 0 Å². The molecule has 10 heteroatoms. The van der Waals surface area contributed by atoms with E-state index in [1.807, 2.05) is 0 Å². The average molecular weight is 286 g/mol. The van der Waals surface area contributed by atoms with Gasteiger partial charge in [0.25, 0.3) is 0 Å². The lowest BCUT2D eigenvalue weighted by Gasteiger charge is -2.18. The monoisotopic (exact) mass is 286 g/mol. The molecule has 6 nitrogen and oxygen atoms in total. The van der Waals surface area contributed by atoms with Gasteiger partial charge in [0, 0.05) is 6.20 Å². The average Bonchev–Trinajstić information content (AvgIpc) is 2.63. The van der Waals surface area contributed by atoms with E-state index in [2.05, 4.69) is 0 Å². The fourth-order valence-electron chi connectivity index (χ4n) is 1.09. The van der Waals surface area contributed by atoms with E-state index < -0.39 is 34.1 Å². The van der Waals surface area contributed by atoms with Crippen molar-refractivity contribution in [3.8, 4) is 0 Å². The second-order valence-corrected chi connectivity index (χ2v) is 4.96. The van der Waals surface area contributed by atoms with Crippen LogP contribution in [0.5, 0.6) is 0 Å². The lowest BCUT2D eigenvalue weighted by Crippen LogP contribution is -2.45. The molecular weight excluding hydrogens is 277 g/mol. The zero-order chi connectivity index (χ0) is 14.1. The van der Waals surface area contributed by atoms with Crippen LogP contribution in [-0.2, 0) is 10.2 Å². The quantitative estimate of drug-likeness (QED) is 0.857. The maximum atomic E-state index is 12.2. The Kier molecular flexibility index (Phi) is 3.72. The highest BCUT2D eigenvalue weighted by Gasteiger charge is 2.39. The number of hydrogen-bond acceptors (Lipinski definition) is 3. The molecular formula is C8H9F3N2O4S. The van der Waals surface area contributed by atoms with Gasteiger partial charge in [-0.3, -0.25) is 0 Å². The number of hydrogen-bond donors (Lipinski definition) is 2. The summed E-state index contributed by atoms with van der Waals surface area (Å²) in [6, 6.07) is -0.271. The summed E-state index contributed by atoms with van der Waals surface area (Å²) in [7, 11) is -4.61. The first kappa shape index (κ1) is 14.5. The van der Waals surface area contributed by atoms with E-state index in [0.717, 1.165) is 18.3 Å². The number of aromatic nitrogens is 1. The van der Waals surface area contributed by atoms with Crippen molar-refractivity contribution in [1.82, 2.24) is 8.69 Å². The Morgan fingerprint density at radius 3 is 2.50 bits per heavy atom. The number of nitrogens with one attached hydrogen (secondary N) is 1. The number of alkyl halides is 3. The van der Waals surface area contributed by atoms with Gasteiger partial charge in [-0.05, 0) is 19.1 Å². The first-order chi connectivity index (χ1) is 8.05. The number of rotatable bonds is 4. The standard InChI is InChI=1S/C8H9F3N2O4S/c1-5(8(9,10)11)12-18(16,17)13-4-2-3-6(13)7(14)15/h2-5,12H,1H3,(H,14,15). The van der Waals surface area contributed by atoms with Gasteiger partial charge >= 0.3 is 22.4 Å². The number of carboxylic acids is 1. The van der Waals surface area contributed by atoms with Gasteiger partial charge in [-0.2, -0.15) is 26.3 Å². The Bertz CT molecular complexity index is 549.